The summed E-state index contributed by atoms with van der Waals surface area (Å²) in [4.78, 5) is 2.06. The fraction of sp³-hybridized carbons (Fsp3) is 0.278. The van der Waals surface area contributed by atoms with Crippen molar-refractivity contribution in [3.63, 3.8) is 0 Å². The molecule has 3 nitrogen and oxygen atoms in total. The van der Waals surface area contributed by atoms with Crippen LogP contribution in [-0.2, 0) is 12.1 Å². The highest BCUT2D eigenvalue weighted by Gasteiger charge is 2.24. The molecule has 2 rings (SSSR count). The van der Waals surface area contributed by atoms with Crippen molar-refractivity contribution in [3.05, 3.63) is 71.3 Å². The third-order valence-corrected chi connectivity index (χ3v) is 3.48. The number of aliphatic hydroxyl groups is 1. The molecule has 0 aliphatic rings. The van der Waals surface area contributed by atoms with E-state index in [1.54, 1.807) is 6.07 Å². The Morgan fingerprint density at radius 3 is 2.52 bits per heavy atom. The summed E-state index contributed by atoms with van der Waals surface area (Å²) in [5, 5.41) is 19.6. The lowest BCUT2D eigenvalue weighted by Gasteiger charge is -2.29. The molecular weight excluding hydrogens is 260 g/mol. The van der Waals surface area contributed by atoms with Gasteiger partial charge < -0.3 is 5.11 Å². The Kier molecular flexibility index (Phi) is 4.74. The maximum Gasteiger partial charge on any atom is 0.0994 e. The molecule has 21 heavy (non-hydrogen) atoms. The van der Waals surface area contributed by atoms with Gasteiger partial charge in [-0.1, -0.05) is 42.5 Å². The van der Waals surface area contributed by atoms with Gasteiger partial charge in [-0.25, -0.2) is 0 Å². The van der Waals surface area contributed by atoms with Crippen LogP contribution < -0.4 is 0 Å². The molecule has 108 valence electrons. The fourth-order valence-corrected chi connectivity index (χ4v) is 2.52. The molecule has 1 unspecified atom stereocenters. The highest BCUT2D eigenvalue weighted by molar-refractivity contribution is 5.32. The lowest BCUT2D eigenvalue weighted by Crippen LogP contribution is -2.36. The maximum atomic E-state index is 10.6. The van der Waals surface area contributed by atoms with Crippen LogP contribution in [0.15, 0.2) is 54.6 Å². The van der Waals surface area contributed by atoms with Gasteiger partial charge in [-0.3, -0.25) is 4.90 Å². The van der Waals surface area contributed by atoms with Crippen LogP contribution in [0.25, 0.3) is 0 Å². The van der Waals surface area contributed by atoms with Gasteiger partial charge >= 0.3 is 0 Å². The Bertz CT molecular complexity index is 629. The molecule has 0 heterocycles. The number of nitriles is 1. The minimum absolute atomic E-state index is 0.522. The molecule has 1 atom stereocenters. The highest BCUT2D eigenvalue weighted by Crippen LogP contribution is 2.21. The molecule has 0 aromatic heterocycles. The summed E-state index contributed by atoms with van der Waals surface area (Å²) in [5.74, 6) is 0. The topological polar surface area (TPSA) is 47.3 Å². The molecule has 3 heteroatoms. The minimum Gasteiger partial charge on any atom is -0.384 e. The molecular formula is C18H20N2O. The van der Waals surface area contributed by atoms with E-state index in [0.29, 0.717) is 18.7 Å². The number of likely N-dealkylation sites (N-methyl/N-ethyl adjacent to an activating group) is 1. The van der Waals surface area contributed by atoms with Crippen molar-refractivity contribution in [2.75, 3.05) is 13.6 Å². The van der Waals surface area contributed by atoms with Gasteiger partial charge in [-0.2, -0.15) is 5.26 Å². The Morgan fingerprint density at radius 1 is 1.14 bits per heavy atom. The van der Waals surface area contributed by atoms with E-state index in [1.165, 1.54) is 0 Å². The van der Waals surface area contributed by atoms with Crippen LogP contribution in [-0.4, -0.2) is 23.6 Å². The van der Waals surface area contributed by atoms with E-state index in [4.69, 9.17) is 5.26 Å². The van der Waals surface area contributed by atoms with E-state index >= 15 is 0 Å². The molecule has 2 aromatic rings. The van der Waals surface area contributed by atoms with Crippen molar-refractivity contribution < 1.29 is 5.11 Å². The Labute approximate surface area is 126 Å². The predicted molar refractivity (Wildman–Crippen MR) is 83.5 cm³/mol. The molecule has 0 saturated heterocycles. The van der Waals surface area contributed by atoms with E-state index in [1.807, 2.05) is 62.5 Å². The normalized spacial score (nSPS) is 13.7. The van der Waals surface area contributed by atoms with Crippen molar-refractivity contribution >= 4 is 0 Å². The summed E-state index contributed by atoms with van der Waals surface area (Å²) in [6, 6.07) is 19.4. The van der Waals surface area contributed by atoms with Crippen molar-refractivity contribution in [1.82, 2.24) is 4.90 Å². The summed E-state index contributed by atoms with van der Waals surface area (Å²) in [7, 11) is 1.97. The summed E-state index contributed by atoms with van der Waals surface area (Å²) in [6.45, 7) is 3.04. The lowest BCUT2D eigenvalue weighted by atomic mass is 9.95. The van der Waals surface area contributed by atoms with Gasteiger partial charge in [0.25, 0.3) is 0 Å². The number of hydrogen-bond donors (Lipinski definition) is 1. The van der Waals surface area contributed by atoms with Gasteiger partial charge in [0.1, 0.15) is 0 Å². The van der Waals surface area contributed by atoms with Crippen LogP contribution in [0, 0.1) is 11.3 Å². The monoisotopic (exact) mass is 280 g/mol. The molecule has 0 aliphatic carbocycles. The molecule has 0 spiro atoms. The van der Waals surface area contributed by atoms with E-state index in [0.717, 1.165) is 11.1 Å². The first kappa shape index (κ1) is 15.2. The largest absolute Gasteiger partial charge is 0.384 e. The van der Waals surface area contributed by atoms with Gasteiger partial charge in [0.05, 0.1) is 17.2 Å². The molecule has 0 amide bonds. The molecule has 1 N–H and O–H groups in total. The first-order valence-corrected chi connectivity index (χ1v) is 6.97. The van der Waals surface area contributed by atoms with Crippen molar-refractivity contribution in [2.24, 2.45) is 0 Å². The molecule has 2 aromatic carbocycles. The zero-order valence-corrected chi connectivity index (χ0v) is 12.5. The molecule has 0 aliphatic heterocycles. The first-order valence-electron chi connectivity index (χ1n) is 6.97. The van der Waals surface area contributed by atoms with Crippen LogP contribution in [0.2, 0.25) is 0 Å². The third-order valence-electron chi connectivity index (χ3n) is 3.48. The minimum atomic E-state index is -0.900. The summed E-state index contributed by atoms with van der Waals surface area (Å²) in [5.41, 5.74) is 1.74. The van der Waals surface area contributed by atoms with Gasteiger partial charge in [0, 0.05) is 13.1 Å². The number of hydrogen-bond acceptors (Lipinski definition) is 3. The zero-order chi connectivity index (χ0) is 15.3. The first-order chi connectivity index (χ1) is 10.0. The van der Waals surface area contributed by atoms with E-state index in [9.17, 15) is 5.11 Å². The summed E-state index contributed by atoms with van der Waals surface area (Å²) < 4.78 is 0. The molecule has 0 fully saturated rings. The average Bonchev–Trinajstić information content (AvgIpc) is 2.47. The number of rotatable bonds is 5. The van der Waals surface area contributed by atoms with Gasteiger partial charge in [0.2, 0.25) is 0 Å². The second-order valence-corrected chi connectivity index (χ2v) is 5.62. The van der Waals surface area contributed by atoms with Crippen LogP contribution in [0.4, 0.5) is 0 Å². The standard InChI is InChI=1S/C18H20N2O/c1-18(21,17-9-4-3-5-10-17)14-20(2)13-16-8-6-7-15(11-16)12-19/h3-11,21H,13-14H2,1-2H3. The molecule has 0 bridgehead atoms. The molecule has 0 radical (unpaired) electrons. The summed E-state index contributed by atoms with van der Waals surface area (Å²) in [6.07, 6.45) is 0. The Balaban J connectivity index is 2.04. The zero-order valence-electron chi connectivity index (χ0n) is 12.5. The summed E-state index contributed by atoms with van der Waals surface area (Å²) >= 11 is 0. The van der Waals surface area contributed by atoms with Crippen molar-refractivity contribution in [1.29, 1.82) is 5.26 Å². The van der Waals surface area contributed by atoms with Crippen LogP contribution in [0.5, 0.6) is 0 Å². The van der Waals surface area contributed by atoms with E-state index in [2.05, 4.69) is 11.0 Å². The van der Waals surface area contributed by atoms with Crippen LogP contribution >= 0.6 is 0 Å². The average molecular weight is 280 g/mol. The van der Waals surface area contributed by atoms with Gasteiger partial charge in [0.15, 0.2) is 0 Å². The van der Waals surface area contributed by atoms with Crippen LogP contribution in [0.1, 0.15) is 23.6 Å². The van der Waals surface area contributed by atoms with Crippen LogP contribution in [0.3, 0.4) is 0 Å². The Hall–Kier alpha value is -2.15. The second-order valence-electron chi connectivity index (χ2n) is 5.62. The smallest absolute Gasteiger partial charge is 0.0994 e. The van der Waals surface area contributed by atoms with Gasteiger partial charge in [-0.05, 0) is 37.2 Å². The lowest BCUT2D eigenvalue weighted by molar-refractivity contribution is 0.0214. The molecule has 0 saturated carbocycles. The Morgan fingerprint density at radius 2 is 1.86 bits per heavy atom. The van der Waals surface area contributed by atoms with Crippen molar-refractivity contribution in [3.8, 4) is 6.07 Å². The van der Waals surface area contributed by atoms with Crippen molar-refractivity contribution in [2.45, 2.75) is 19.1 Å². The highest BCUT2D eigenvalue weighted by atomic mass is 16.3. The second kappa shape index (κ2) is 6.53. The maximum absolute atomic E-state index is 10.6. The van der Waals surface area contributed by atoms with E-state index in [-0.39, 0.29) is 0 Å². The predicted octanol–water partition coefficient (Wildman–Crippen LogP) is 2.90. The third kappa shape index (κ3) is 4.16. The fourth-order valence-electron chi connectivity index (χ4n) is 2.52. The van der Waals surface area contributed by atoms with E-state index < -0.39 is 5.60 Å². The quantitative estimate of drug-likeness (QED) is 0.916. The van der Waals surface area contributed by atoms with Gasteiger partial charge in [-0.15, -0.1) is 0 Å². The SMILES string of the molecule is CN(Cc1cccc(C#N)c1)CC(C)(O)c1ccccc1. The number of benzene rings is 2. The number of nitrogens with zero attached hydrogens (tertiary/aromatic N) is 2.